The van der Waals surface area contributed by atoms with Crippen LogP contribution in [0.1, 0.15) is 15.9 Å². The van der Waals surface area contributed by atoms with Gasteiger partial charge in [0.2, 0.25) is 34.5 Å². The van der Waals surface area contributed by atoms with Gasteiger partial charge in [-0.1, -0.05) is 0 Å². The lowest BCUT2D eigenvalue weighted by Crippen LogP contribution is -2.06. The number of hydrogen-bond acceptors (Lipinski definition) is 11. The van der Waals surface area contributed by atoms with E-state index in [1.807, 2.05) is 0 Å². The van der Waals surface area contributed by atoms with Crippen LogP contribution in [0.3, 0.4) is 0 Å². The van der Waals surface area contributed by atoms with Crippen molar-refractivity contribution >= 4 is 11.9 Å². The van der Waals surface area contributed by atoms with Crippen LogP contribution < -0.4 is 42.6 Å². The minimum atomic E-state index is -0.642. The number of carbonyl (C=O) groups excluding carboxylic acids is 1. The van der Waals surface area contributed by atoms with Crippen LogP contribution in [0.5, 0.6) is 57.5 Å². The minimum Gasteiger partial charge on any atom is -0.504 e. The maximum atomic E-state index is 13.3. The van der Waals surface area contributed by atoms with E-state index >= 15 is 0 Å². The minimum absolute atomic E-state index is 0.0406. The number of aromatic hydroxyl groups is 1. The van der Waals surface area contributed by atoms with Gasteiger partial charge in [0.1, 0.15) is 5.56 Å². The normalized spacial score (nSPS) is 10.5. The first kappa shape index (κ1) is 27.1. The van der Waals surface area contributed by atoms with Gasteiger partial charge in [0.05, 0.1) is 69.6 Å². The lowest BCUT2D eigenvalue weighted by Gasteiger charge is -2.21. The molecule has 0 aliphatic heterocycles. The highest BCUT2D eigenvalue weighted by Crippen LogP contribution is 2.55. The first-order valence-electron chi connectivity index (χ1n) is 10.1. The third kappa shape index (κ3) is 4.61. The summed E-state index contributed by atoms with van der Waals surface area (Å²) in [5.41, 5.74) is 0.118. The third-order valence-electron chi connectivity index (χ3n) is 5.10. The van der Waals surface area contributed by atoms with E-state index in [-0.39, 0.29) is 57.3 Å². The fourth-order valence-corrected chi connectivity index (χ4v) is 3.64. The third-order valence-corrected chi connectivity index (χ3v) is 5.10. The summed E-state index contributed by atoms with van der Waals surface area (Å²) in [5.74, 6) is 0.0430. The standard InChI is InChI=1S/C24H30O11/c1-27-16-12(17(28-2)21(32-6)24(35-9)20(16)31-5)10-11-13(25)14-15(26)19(30-4)23(34-8)22(33-7)18(14)29-3/h10-11,26H,1-9H3/b11-10-. The first-order chi connectivity index (χ1) is 16.8. The molecule has 2 aromatic rings. The van der Waals surface area contributed by atoms with Gasteiger partial charge in [-0.2, -0.15) is 0 Å². The number of ether oxygens (including phenoxy) is 9. The Bertz CT molecular complexity index is 1070. The van der Waals surface area contributed by atoms with E-state index in [9.17, 15) is 9.90 Å². The van der Waals surface area contributed by atoms with Gasteiger partial charge >= 0.3 is 0 Å². The summed E-state index contributed by atoms with van der Waals surface area (Å²) in [6.45, 7) is 0. The molecule has 0 aliphatic carbocycles. The van der Waals surface area contributed by atoms with Crippen molar-refractivity contribution in [2.45, 2.75) is 0 Å². The van der Waals surface area contributed by atoms with Crippen LogP contribution >= 0.6 is 0 Å². The van der Waals surface area contributed by atoms with E-state index in [1.54, 1.807) is 0 Å². The molecule has 0 radical (unpaired) electrons. The Morgan fingerprint density at radius 1 is 0.514 bits per heavy atom. The van der Waals surface area contributed by atoms with Crippen molar-refractivity contribution in [2.24, 2.45) is 0 Å². The van der Waals surface area contributed by atoms with Gasteiger partial charge in [-0.3, -0.25) is 4.79 Å². The monoisotopic (exact) mass is 494 g/mol. The molecule has 11 nitrogen and oxygen atoms in total. The van der Waals surface area contributed by atoms with Crippen LogP contribution in [0.2, 0.25) is 0 Å². The summed E-state index contributed by atoms with van der Waals surface area (Å²) < 4.78 is 48.7. The topological polar surface area (TPSA) is 120 Å². The smallest absolute Gasteiger partial charge is 0.211 e. The van der Waals surface area contributed by atoms with Gasteiger partial charge in [-0.25, -0.2) is 0 Å². The Morgan fingerprint density at radius 2 is 0.829 bits per heavy atom. The van der Waals surface area contributed by atoms with E-state index in [0.717, 1.165) is 0 Å². The molecule has 0 bridgehead atoms. The second-order valence-electron chi connectivity index (χ2n) is 6.63. The molecule has 0 amide bonds. The van der Waals surface area contributed by atoms with Gasteiger partial charge in [-0.15, -0.1) is 0 Å². The molecular weight excluding hydrogens is 464 g/mol. The molecule has 35 heavy (non-hydrogen) atoms. The number of hydrogen-bond donors (Lipinski definition) is 1. The Morgan fingerprint density at radius 3 is 1.20 bits per heavy atom. The van der Waals surface area contributed by atoms with Crippen molar-refractivity contribution in [1.82, 2.24) is 0 Å². The van der Waals surface area contributed by atoms with Crippen molar-refractivity contribution in [3.05, 3.63) is 17.2 Å². The van der Waals surface area contributed by atoms with Gasteiger partial charge < -0.3 is 47.7 Å². The van der Waals surface area contributed by atoms with Gasteiger partial charge in [0.25, 0.3) is 0 Å². The Hall–Kier alpha value is -4.15. The zero-order valence-electron chi connectivity index (χ0n) is 21.2. The number of phenols is 1. The summed E-state index contributed by atoms with van der Waals surface area (Å²) in [7, 11) is 12.5. The van der Waals surface area contributed by atoms with Crippen molar-refractivity contribution in [3.8, 4) is 57.5 Å². The van der Waals surface area contributed by atoms with Gasteiger partial charge in [0, 0.05) is 0 Å². The highest BCUT2D eigenvalue weighted by molar-refractivity contribution is 6.12. The molecule has 0 unspecified atom stereocenters. The lowest BCUT2D eigenvalue weighted by molar-refractivity contribution is 0.104. The largest absolute Gasteiger partial charge is 0.504 e. The Kier molecular flexibility index (Phi) is 9.15. The molecule has 192 valence electrons. The summed E-state index contributed by atoms with van der Waals surface area (Å²) >= 11 is 0. The molecule has 11 heteroatoms. The Balaban J connectivity index is 2.81. The van der Waals surface area contributed by atoms with Gasteiger partial charge in [-0.05, 0) is 12.2 Å². The van der Waals surface area contributed by atoms with Crippen LogP contribution in [0.15, 0.2) is 6.08 Å². The lowest BCUT2D eigenvalue weighted by atomic mass is 10.0. The molecule has 2 aromatic carbocycles. The number of allylic oxidation sites excluding steroid dienone is 1. The van der Waals surface area contributed by atoms with E-state index < -0.39 is 11.5 Å². The van der Waals surface area contributed by atoms with Crippen molar-refractivity contribution in [2.75, 3.05) is 64.0 Å². The van der Waals surface area contributed by atoms with Crippen molar-refractivity contribution in [3.63, 3.8) is 0 Å². The molecule has 0 fully saturated rings. The second-order valence-corrected chi connectivity index (χ2v) is 6.63. The number of phenolic OH excluding ortho intramolecular Hbond substituents is 1. The predicted octanol–water partition coefficient (Wildman–Crippen LogP) is 3.37. The molecule has 0 saturated heterocycles. The molecule has 0 heterocycles. The molecule has 2 rings (SSSR count). The molecule has 0 spiro atoms. The zero-order chi connectivity index (χ0) is 26.3. The van der Waals surface area contributed by atoms with E-state index in [2.05, 4.69) is 0 Å². The summed E-state index contributed by atoms with van der Waals surface area (Å²) in [4.78, 5) is 13.3. The second kappa shape index (κ2) is 11.8. The van der Waals surface area contributed by atoms with Crippen LogP contribution in [0.25, 0.3) is 6.08 Å². The fraction of sp³-hybridized carbons (Fsp3) is 0.375. The summed E-state index contributed by atoms with van der Waals surface area (Å²) in [5, 5.41) is 10.8. The highest BCUT2D eigenvalue weighted by Gasteiger charge is 2.31. The highest BCUT2D eigenvalue weighted by atomic mass is 16.6. The molecule has 0 atom stereocenters. The fourth-order valence-electron chi connectivity index (χ4n) is 3.64. The van der Waals surface area contributed by atoms with Crippen molar-refractivity contribution < 1.29 is 52.5 Å². The van der Waals surface area contributed by atoms with Crippen molar-refractivity contribution in [1.29, 1.82) is 0 Å². The van der Waals surface area contributed by atoms with Crippen LogP contribution in [0, 0.1) is 0 Å². The zero-order valence-corrected chi connectivity index (χ0v) is 21.2. The maximum absolute atomic E-state index is 13.3. The van der Waals surface area contributed by atoms with Crippen LogP contribution in [-0.2, 0) is 0 Å². The molecule has 0 aromatic heterocycles. The molecular formula is C24H30O11. The van der Waals surface area contributed by atoms with Gasteiger partial charge in [0.15, 0.2) is 28.8 Å². The SMILES string of the molecule is COc1c(O)c(C(=O)/C=C\c2c(OC)c(OC)c(OC)c(OC)c2OC)c(OC)c(OC)c1OC. The number of ketones is 1. The number of rotatable bonds is 12. The number of carbonyl (C=O) groups is 1. The van der Waals surface area contributed by atoms with E-state index in [0.29, 0.717) is 5.56 Å². The number of benzene rings is 2. The molecule has 0 saturated carbocycles. The molecule has 0 aliphatic rings. The average Bonchev–Trinajstić information content (AvgIpc) is 2.88. The average molecular weight is 494 g/mol. The van der Waals surface area contributed by atoms with E-state index in [4.69, 9.17) is 42.6 Å². The number of methoxy groups -OCH3 is 9. The summed E-state index contributed by atoms with van der Waals surface area (Å²) in [6.07, 6.45) is 2.61. The predicted molar refractivity (Wildman–Crippen MR) is 127 cm³/mol. The quantitative estimate of drug-likeness (QED) is 0.345. The summed E-state index contributed by atoms with van der Waals surface area (Å²) in [6, 6.07) is 0. The Labute approximate surface area is 203 Å². The van der Waals surface area contributed by atoms with Crippen LogP contribution in [-0.4, -0.2) is 74.9 Å². The molecule has 1 N–H and O–H groups in total. The maximum Gasteiger partial charge on any atom is 0.211 e. The first-order valence-corrected chi connectivity index (χ1v) is 10.1. The van der Waals surface area contributed by atoms with E-state index in [1.165, 1.54) is 76.1 Å². The van der Waals surface area contributed by atoms with Crippen LogP contribution in [0.4, 0.5) is 0 Å².